The number of nitrogens with zero attached hydrogens (tertiary/aromatic N) is 5. The van der Waals surface area contributed by atoms with E-state index < -0.39 is 6.10 Å². The van der Waals surface area contributed by atoms with E-state index in [1.165, 1.54) is 25.7 Å². The van der Waals surface area contributed by atoms with Crippen molar-refractivity contribution in [3.8, 4) is 5.75 Å². The maximum absolute atomic E-state index is 13.2. The Bertz CT molecular complexity index is 997. The number of hydrogen-bond acceptors (Lipinski definition) is 7. The van der Waals surface area contributed by atoms with E-state index in [1.807, 2.05) is 54.4 Å². The molecule has 4 heterocycles. The summed E-state index contributed by atoms with van der Waals surface area (Å²) < 4.78 is 5.92. The van der Waals surface area contributed by atoms with Crippen molar-refractivity contribution in [1.82, 2.24) is 19.8 Å². The molecule has 1 amide bonds. The third kappa shape index (κ3) is 6.92. The second-order valence-corrected chi connectivity index (χ2v) is 10.8. The summed E-state index contributed by atoms with van der Waals surface area (Å²) in [6.07, 6.45) is 10.9. The molecular formula is C29H42N6O2. The lowest BCUT2D eigenvalue weighted by atomic mass is 9.98. The summed E-state index contributed by atoms with van der Waals surface area (Å²) in [5.41, 5.74) is 0. The first kappa shape index (κ1) is 25.8. The van der Waals surface area contributed by atoms with Crippen LogP contribution in [0.5, 0.6) is 5.75 Å². The number of amides is 1. The molecule has 3 atom stereocenters. The van der Waals surface area contributed by atoms with Gasteiger partial charge in [-0.25, -0.2) is 4.98 Å². The fourth-order valence-electron chi connectivity index (χ4n) is 6.00. The number of ether oxygens (including phenoxy) is 1. The molecule has 200 valence electrons. The van der Waals surface area contributed by atoms with E-state index in [2.05, 4.69) is 20.1 Å². The standard InChI is InChI=1S/C29H42N6O2/c1-23(37-26-13-5-4-6-14-26)28(36)35-20-10-12-25(22-35)34-19-9-11-24(21-34)31-29-30-16-15-27(32-29)33-17-7-2-3-8-18-33/h4-6,13-16,23-25H,2-3,7-12,17-22H2,1H3,(H,30,31,32). The van der Waals surface area contributed by atoms with Crippen LogP contribution in [0.3, 0.4) is 0 Å². The van der Waals surface area contributed by atoms with Gasteiger partial charge in [-0.05, 0) is 70.2 Å². The van der Waals surface area contributed by atoms with Gasteiger partial charge in [0.15, 0.2) is 6.10 Å². The summed E-state index contributed by atoms with van der Waals surface area (Å²) in [6.45, 7) is 7.65. The SMILES string of the molecule is CC(Oc1ccccc1)C(=O)N1CCCC(N2CCCC(Nc3nccc(N4CCCCCC4)n3)C2)C1. The van der Waals surface area contributed by atoms with Gasteiger partial charge in [0.05, 0.1) is 0 Å². The molecule has 3 fully saturated rings. The third-order valence-corrected chi connectivity index (χ3v) is 7.99. The van der Waals surface area contributed by atoms with Crippen LogP contribution in [0.4, 0.5) is 11.8 Å². The molecule has 0 aliphatic carbocycles. The molecule has 2 aromatic rings. The van der Waals surface area contributed by atoms with Gasteiger partial charge in [-0.1, -0.05) is 31.0 Å². The van der Waals surface area contributed by atoms with E-state index in [-0.39, 0.29) is 5.91 Å². The van der Waals surface area contributed by atoms with Gasteiger partial charge < -0.3 is 19.9 Å². The summed E-state index contributed by atoms with van der Waals surface area (Å²) in [4.78, 5) is 29.6. The summed E-state index contributed by atoms with van der Waals surface area (Å²) >= 11 is 0. The van der Waals surface area contributed by atoms with Gasteiger partial charge in [-0.2, -0.15) is 4.98 Å². The van der Waals surface area contributed by atoms with Crippen molar-refractivity contribution in [3.63, 3.8) is 0 Å². The van der Waals surface area contributed by atoms with Crippen LogP contribution in [0, 0.1) is 0 Å². The molecule has 3 aliphatic heterocycles. The smallest absolute Gasteiger partial charge is 0.263 e. The van der Waals surface area contributed by atoms with Gasteiger partial charge in [-0.15, -0.1) is 0 Å². The van der Waals surface area contributed by atoms with E-state index >= 15 is 0 Å². The molecule has 3 saturated heterocycles. The molecule has 1 aromatic carbocycles. The number of likely N-dealkylation sites (tertiary alicyclic amines) is 2. The third-order valence-electron chi connectivity index (χ3n) is 7.99. The summed E-state index contributed by atoms with van der Waals surface area (Å²) in [5.74, 6) is 2.60. The maximum atomic E-state index is 13.2. The van der Waals surface area contributed by atoms with Crippen LogP contribution >= 0.6 is 0 Å². The first-order valence-corrected chi connectivity index (χ1v) is 14.2. The molecular weight excluding hydrogens is 464 g/mol. The van der Waals surface area contributed by atoms with Crippen LogP contribution < -0.4 is 15.0 Å². The Hall–Kier alpha value is -2.87. The summed E-state index contributed by atoms with van der Waals surface area (Å²) in [6, 6.07) is 12.4. The second-order valence-electron chi connectivity index (χ2n) is 10.8. The Kier molecular flexibility index (Phi) is 8.76. The van der Waals surface area contributed by atoms with Gasteiger partial charge in [0.1, 0.15) is 11.6 Å². The molecule has 0 bridgehead atoms. The largest absolute Gasteiger partial charge is 0.481 e. The van der Waals surface area contributed by atoms with Crippen LogP contribution in [0.2, 0.25) is 0 Å². The Morgan fingerprint density at radius 3 is 2.54 bits per heavy atom. The summed E-state index contributed by atoms with van der Waals surface area (Å²) in [5, 5.41) is 3.63. The molecule has 8 heteroatoms. The van der Waals surface area contributed by atoms with Crippen LogP contribution in [0.25, 0.3) is 0 Å². The molecule has 37 heavy (non-hydrogen) atoms. The maximum Gasteiger partial charge on any atom is 0.263 e. The predicted octanol–water partition coefficient (Wildman–Crippen LogP) is 4.19. The van der Waals surface area contributed by atoms with Gasteiger partial charge in [0.2, 0.25) is 5.95 Å². The Morgan fingerprint density at radius 1 is 0.946 bits per heavy atom. The summed E-state index contributed by atoms with van der Waals surface area (Å²) in [7, 11) is 0. The number of para-hydroxylation sites is 1. The van der Waals surface area contributed by atoms with Crippen molar-refractivity contribution in [3.05, 3.63) is 42.6 Å². The van der Waals surface area contributed by atoms with Crippen molar-refractivity contribution < 1.29 is 9.53 Å². The van der Waals surface area contributed by atoms with Crippen molar-refractivity contribution in [2.24, 2.45) is 0 Å². The monoisotopic (exact) mass is 506 g/mol. The quantitative estimate of drug-likeness (QED) is 0.604. The molecule has 0 saturated carbocycles. The number of benzene rings is 1. The number of hydrogen-bond donors (Lipinski definition) is 1. The molecule has 8 nitrogen and oxygen atoms in total. The van der Waals surface area contributed by atoms with Gasteiger partial charge >= 0.3 is 0 Å². The average molecular weight is 507 g/mol. The van der Waals surface area contributed by atoms with Crippen LogP contribution in [0.15, 0.2) is 42.6 Å². The molecule has 1 aromatic heterocycles. The first-order valence-electron chi connectivity index (χ1n) is 14.2. The van der Waals surface area contributed by atoms with Crippen molar-refractivity contribution in [1.29, 1.82) is 0 Å². The topological polar surface area (TPSA) is 73.8 Å². The highest BCUT2D eigenvalue weighted by molar-refractivity contribution is 5.81. The predicted molar refractivity (Wildman–Crippen MR) is 147 cm³/mol. The van der Waals surface area contributed by atoms with Gasteiger partial charge in [0.25, 0.3) is 5.91 Å². The number of aromatic nitrogens is 2. The lowest BCUT2D eigenvalue weighted by molar-refractivity contribution is -0.140. The fourth-order valence-corrected chi connectivity index (χ4v) is 6.00. The zero-order valence-corrected chi connectivity index (χ0v) is 22.2. The van der Waals surface area contributed by atoms with Crippen LogP contribution in [-0.2, 0) is 4.79 Å². The molecule has 1 N–H and O–H groups in total. The van der Waals surface area contributed by atoms with Crippen LogP contribution in [-0.4, -0.2) is 83.1 Å². The Balaban J connectivity index is 1.15. The fraction of sp³-hybridized carbons (Fsp3) is 0.621. The highest BCUT2D eigenvalue weighted by Gasteiger charge is 2.33. The van der Waals surface area contributed by atoms with E-state index in [4.69, 9.17) is 9.72 Å². The Morgan fingerprint density at radius 2 is 1.73 bits per heavy atom. The molecule has 0 radical (unpaired) electrons. The van der Waals surface area contributed by atoms with E-state index in [0.717, 1.165) is 82.5 Å². The highest BCUT2D eigenvalue weighted by Crippen LogP contribution is 2.24. The van der Waals surface area contributed by atoms with E-state index in [1.54, 1.807) is 0 Å². The minimum Gasteiger partial charge on any atom is -0.481 e. The highest BCUT2D eigenvalue weighted by atomic mass is 16.5. The normalized spacial score (nSPS) is 24.2. The number of nitrogens with one attached hydrogen (secondary N) is 1. The van der Waals surface area contributed by atoms with E-state index in [0.29, 0.717) is 12.1 Å². The van der Waals surface area contributed by atoms with Gasteiger partial charge in [-0.3, -0.25) is 9.69 Å². The minimum atomic E-state index is -0.481. The molecule has 0 spiro atoms. The number of rotatable bonds is 7. The number of carbonyl (C=O) groups is 1. The number of carbonyl (C=O) groups excluding carboxylic acids is 1. The molecule has 3 aliphatic rings. The Labute approximate surface area is 221 Å². The zero-order valence-electron chi connectivity index (χ0n) is 22.2. The lowest BCUT2D eigenvalue weighted by Gasteiger charge is -2.43. The first-order chi connectivity index (χ1) is 18.2. The van der Waals surface area contributed by atoms with Crippen molar-refractivity contribution in [2.75, 3.05) is 49.5 Å². The molecule has 3 unspecified atom stereocenters. The number of anilines is 2. The van der Waals surface area contributed by atoms with Crippen molar-refractivity contribution >= 4 is 17.7 Å². The van der Waals surface area contributed by atoms with Crippen molar-refractivity contribution in [2.45, 2.75) is 76.5 Å². The molecule has 5 rings (SSSR count). The number of piperidine rings is 2. The average Bonchev–Trinajstić information content (AvgIpc) is 3.23. The lowest BCUT2D eigenvalue weighted by Crippen LogP contribution is -2.55. The second kappa shape index (κ2) is 12.6. The van der Waals surface area contributed by atoms with Crippen LogP contribution in [0.1, 0.15) is 58.3 Å². The minimum absolute atomic E-state index is 0.0824. The zero-order chi connectivity index (χ0) is 25.5. The van der Waals surface area contributed by atoms with Gasteiger partial charge in [0, 0.05) is 51.0 Å². The van der Waals surface area contributed by atoms with E-state index in [9.17, 15) is 4.79 Å².